The Balaban J connectivity index is 1.76. The molecule has 2 aliphatic heterocycles. The molecule has 0 aromatic carbocycles. The molecule has 2 aliphatic rings. The highest BCUT2D eigenvalue weighted by Crippen LogP contribution is 2.22. The molecule has 0 radical (unpaired) electrons. The molecule has 15 heavy (non-hydrogen) atoms. The number of likely N-dealkylation sites (tertiary alicyclic amines) is 1. The van der Waals surface area contributed by atoms with Crippen LogP contribution in [0.4, 0.5) is 0 Å². The minimum Gasteiger partial charge on any atom is -0.381 e. The van der Waals surface area contributed by atoms with Gasteiger partial charge in [-0.3, -0.25) is 4.79 Å². The SMILES string of the molecule is CC1CCN(C(=O)CC2CCOCC2)C1. The quantitative estimate of drug-likeness (QED) is 0.695. The summed E-state index contributed by atoms with van der Waals surface area (Å²) in [6.45, 7) is 5.86. The first-order valence-electron chi connectivity index (χ1n) is 6.11. The summed E-state index contributed by atoms with van der Waals surface area (Å²) in [5.74, 6) is 1.64. The van der Waals surface area contributed by atoms with Crippen molar-refractivity contribution in [2.45, 2.75) is 32.6 Å². The van der Waals surface area contributed by atoms with Crippen molar-refractivity contribution in [2.24, 2.45) is 11.8 Å². The lowest BCUT2D eigenvalue weighted by Gasteiger charge is -2.24. The third-order valence-electron chi connectivity index (χ3n) is 3.58. The summed E-state index contributed by atoms with van der Waals surface area (Å²) in [4.78, 5) is 14.0. The van der Waals surface area contributed by atoms with Crippen molar-refractivity contribution >= 4 is 5.91 Å². The van der Waals surface area contributed by atoms with Gasteiger partial charge in [0.15, 0.2) is 0 Å². The number of carbonyl (C=O) groups is 1. The molecule has 0 N–H and O–H groups in total. The second kappa shape index (κ2) is 4.97. The number of rotatable bonds is 2. The van der Waals surface area contributed by atoms with E-state index in [0.717, 1.165) is 45.6 Å². The number of ether oxygens (including phenoxy) is 1. The summed E-state index contributed by atoms with van der Waals surface area (Å²) in [5, 5.41) is 0. The van der Waals surface area contributed by atoms with Crippen LogP contribution in [0.15, 0.2) is 0 Å². The Hall–Kier alpha value is -0.570. The minimum absolute atomic E-state index is 0.367. The summed E-state index contributed by atoms with van der Waals surface area (Å²) in [5.41, 5.74) is 0. The summed E-state index contributed by atoms with van der Waals surface area (Å²) < 4.78 is 5.30. The Bertz CT molecular complexity index is 224. The van der Waals surface area contributed by atoms with Crippen molar-refractivity contribution in [2.75, 3.05) is 26.3 Å². The largest absolute Gasteiger partial charge is 0.381 e. The van der Waals surface area contributed by atoms with E-state index in [2.05, 4.69) is 6.92 Å². The molecule has 0 saturated carbocycles. The fourth-order valence-electron chi connectivity index (χ4n) is 2.49. The van der Waals surface area contributed by atoms with Crippen LogP contribution in [-0.2, 0) is 9.53 Å². The standard InChI is InChI=1S/C12H21NO2/c1-10-2-5-13(9-10)12(14)8-11-3-6-15-7-4-11/h10-11H,2-9H2,1H3. The van der Waals surface area contributed by atoms with Gasteiger partial charge < -0.3 is 9.64 Å². The smallest absolute Gasteiger partial charge is 0.222 e. The van der Waals surface area contributed by atoms with Crippen LogP contribution in [0.5, 0.6) is 0 Å². The molecule has 2 saturated heterocycles. The summed E-state index contributed by atoms with van der Waals surface area (Å²) in [6, 6.07) is 0. The zero-order chi connectivity index (χ0) is 10.7. The minimum atomic E-state index is 0.367. The van der Waals surface area contributed by atoms with Gasteiger partial charge in [-0.25, -0.2) is 0 Å². The van der Waals surface area contributed by atoms with E-state index in [4.69, 9.17) is 4.74 Å². The molecule has 0 bridgehead atoms. The fourth-order valence-corrected chi connectivity index (χ4v) is 2.49. The molecule has 0 aromatic heterocycles. The van der Waals surface area contributed by atoms with E-state index in [1.54, 1.807) is 0 Å². The van der Waals surface area contributed by atoms with Crippen LogP contribution in [0.2, 0.25) is 0 Å². The van der Waals surface area contributed by atoms with E-state index >= 15 is 0 Å². The van der Waals surface area contributed by atoms with Gasteiger partial charge in [0.1, 0.15) is 0 Å². The predicted octanol–water partition coefficient (Wildman–Crippen LogP) is 1.67. The topological polar surface area (TPSA) is 29.5 Å². The average molecular weight is 211 g/mol. The Morgan fingerprint density at radius 2 is 2.07 bits per heavy atom. The molecule has 1 unspecified atom stereocenters. The van der Waals surface area contributed by atoms with E-state index in [0.29, 0.717) is 17.7 Å². The van der Waals surface area contributed by atoms with Crippen molar-refractivity contribution in [3.05, 3.63) is 0 Å². The molecule has 1 amide bonds. The first-order chi connectivity index (χ1) is 7.25. The lowest BCUT2D eigenvalue weighted by atomic mass is 9.96. The second-order valence-electron chi connectivity index (χ2n) is 4.99. The fraction of sp³-hybridized carbons (Fsp3) is 0.917. The van der Waals surface area contributed by atoms with E-state index in [9.17, 15) is 4.79 Å². The molecule has 1 atom stereocenters. The van der Waals surface area contributed by atoms with Gasteiger partial charge in [0.25, 0.3) is 0 Å². The summed E-state index contributed by atoms with van der Waals surface area (Å²) >= 11 is 0. The van der Waals surface area contributed by atoms with E-state index in [1.807, 2.05) is 4.90 Å². The van der Waals surface area contributed by atoms with Gasteiger partial charge in [-0.2, -0.15) is 0 Å². The highest BCUT2D eigenvalue weighted by Gasteiger charge is 2.25. The van der Waals surface area contributed by atoms with E-state index in [1.165, 1.54) is 6.42 Å². The zero-order valence-corrected chi connectivity index (χ0v) is 9.58. The number of amides is 1. The molecule has 86 valence electrons. The molecular formula is C12H21NO2. The van der Waals surface area contributed by atoms with Crippen molar-refractivity contribution in [1.82, 2.24) is 4.90 Å². The third kappa shape index (κ3) is 2.94. The van der Waals surface area contributed by atoms with E-state index < -0.39 is 0 Å². The Morgan fingerprint density at radius 3 is 2.67 bits per heavy atom. The molecule has 0 aromatic rings. The first kappa shape index (κ1) is 10.9. The van der Waals surface area contributed by atoms with Crippen LogP contribution in [0.3, 0.4) is 0 Å². The van der Waals surface area contributed by atoms with Crippen LogP contribution in [-0.4, -0.2) is 37.1 Å². The van der Waals surface area contributed by atoms with Gasteiger partial charge in [-0.1, -0.05) is 6.92 Å². The van der Waals surface area contributed by atoms with Gasteiger partial charge in [-0.15, -0.1) is 0 Å². The zero-order valence-electron chi connectivity index (χ0n) is 9.58. The summed E-state index contributed by atoms with van der Waals surface area (Å²) in [7, 11) is 0. The maximum Gasteiger partial charge on any atom is 0.222 e. The van der Waals surface area contributed by atoms with Crippen molar-refractivity contribution in [1.29, 1.82) is 0 Å². The maximum atomic E-state index is 11.9. The Morgan fingerprint density at radius 1 is 1.33 bits per heavy atom. The van der Waals surface area contributed by atoms with Crippen LogP contribution < -0.4 is 0 Å². The number of nitrogens with zero attached hydrogens (tertiary/aromatic N) is 1. The summed E-state index contributed by atoms with van der Waals surface area (Å²) in [6.07, 6.45) is 4.06. The highest BCUT2D eigenvalue weighted by atomic mass is 16.5. The molecule has 2 heterocycles. The van der Waals surface area contributed by atoms with Crippen LogP contribution in [0, 0.1) is 11.8 Å². The predicted molar refractivity (Wildman–Crippen MR) is 58.5 cm³/mol. The van der Waals surface area contributed by atoms with Crippen molar-refractivity contribution < 1.29 is 9.53 Å². The lowest BCUT2D eigenvalue weighted by molar-refractivity contribution is -0.131. The molecular weight excluding hydrogens is 190 g/mol. The van der Waals surface area contributed by atoms with Crippen molar-refractivity contribution in [3.63, 3.8) is 0 Å². The Labute approximate surface area is 91.8 Å². The molecule has 2 fully saturated rings. The highest BCUT2D eigenvalue weighted by molar-refractivity contribution is 5.76. The molecule has 2 rings (SSSR count). The average Bonchev–Trinajstić information content (AvgIpc) is 2.66. The van der Waals surface area contributed by atoms with Crippen molar-refractivity contribution in [3.8, 4) is 0 Å². The van der Waals surface area contributed by atoms with Crippen LogP contribution >= 0.6 is 0 Å². The normalized spacial score (nSPS) is 28.3. The second-order valence-corrected chi connectivity index (χ2v) is 4.99. The van der Waals surface area contributed by atoms with Crippen LogP contribution in [0.1, 0.15) is 32.6 Å². The van der Waals surface area contributed by atoms with Gasteiger partial charge in [-0.05, 0) is 31.1 Å². The van der Waals surface area contributed by atoms with Crippen LogP contribution in [0.25, 0.3) is 0 Å². The van der Waals surface area contributed by atoms with Gasteiger partial charge in [0, 0.05) is 32.7 Å². The molecule has 3 heteroatoms. The number of hydrogen-bond acceptors (Lipinski definition) is 2. The van der Waals surface area contributed by atoms with Gasteiger partial charge in [0.2, 0.25) is 5.91 Å². The molecule has 0 aliphatic carbocycles. The molecule has 3 nitrogen and oxygen atoms in total. The lowest BCUT2D eigenvalue weighted by Crippen LogP contribution is -2.31. The number of carbonyl (C=O) groups excluding carboxylic acids is 1. The Kier molecular flexibility index (Phi) is 3.62. The van der Waals surface area contributed by atoms with Gasteiger partial charge >= 0.3 is 0 Å². The third-order valence-corrected chi connectivity index (χ3v) is 3.58. The monoisotopic (exact) mass is 211 g/mol. The number of hydrogen-bond donors (Lipinski definition) is 0. The maximum absolute atomic E-state index is 11.9. The first-order valence-corrected chi connectivity index (χ1v) is 6.11. The van der Waals surface area contributed by atoms with E-state index in [-0.39, 0.29) is 0 Å². The molecule has 0 spiro atoms. The van der Waals surface area contributed by atoms with Gasteiger partial charge in [0.05, 0.1) is 0 Å².